The van der Waals surface area contributed by atoms with Crippen LogP contribution >= 0.6 is 27.5 Å². The smallest absolute Gasteiger partial charge is 0.264 e. The summed E-state index contributed by atoms with van der Waals surface area (Å²) in [6, 6.07) is 10.7. The van der Waals surface area contributed by atoms with E-state index in [2.05, 4.69) is 15.9 Å². The first-order chi connectivity index (χ1) is 11.4. The molecule has 0 aliphatic carbocycles. The van der Waals surface area contributed by atoms with E-state index in [0.717, 1.165) is 10.0 Å². The van der Waals surface area contributed by atoms with E-state index in [-0.39, 0.29) is 18.3 Å². The second kappa shape index (κ2) is 6.57. The summed E-state index contributed by atoms with van der Waals surface area (Å²) in [6.07, 6.45) is 0. The fourth-order valence-corrected chi connectivity index (χ4v) is 3.56. The number of nitrogens with zero attached hydrogens (tertiary/aromatic N) is 1. The second-order valence-corrected chi connectivity index (χ2v) is 6.97. The van der Waals surface area contributed by atoms with Crippen molar-refractivity contribution in [1.82, 2.24) is 0 Å². The number of anilines is 1. The maximum Gasteiger partial charge on any atom is 0.264 e. The van der Waals surface area contributed by atoms with Crippen LogP contribution in [0.15, 0.2) is 40.9 Å². The third kappa shape index (κ3) is 2.94. The molecule has 0 bridgehead atoms. The number of rotatable bonds is 3. The largest absolute Gasteiger partial charge is 0.481 e. The van der Waals surface area contributed by atoms with Gasteiger partial charge in [-0.25, -0.2) is 0 Å². The van der Waals surface area contributed by atoms with Gasteiger partial charge in [0.2, 0.25) is 0 Å². The normalized spacial score (nSPS) is 14.8. The first kappa shape index (κ1) is 17.0. The van der Waals surface area contributed by atoms with Gasteiger partial charge in [0.1, 0.15) is 0 Å². The number of carbonyl (C=O) groups is 2. The zero-order valence-electron chi connectivity index (χ0n) is 13.2. The Balaban J connectivity index is 2.00. The number of amides is 1. The molecule has 4 nitrogen and oxygen atoms in total. The van der Waals surface area contributed by atoms with Gasteiger partial charge in [-0.2, -0.15) is 0 Å². The predicted octanol–water partition coefficient (Wildman–Crippen LogP) is 4.44. The van der Waals surface area contributed by atoms with E-state index in [1.165, 1.54) is 4.90 Å². The first-order valence-electron chi connectivity index (χ1n) is 7.41. The van der Waals surface area contributed by atoms with Crippen molar-refractivity contribution in [2.24, 2.45) is 0 Å². The van der Waals surface area contributed by atoms with E-state index >= 15 is 0 Å². The predicted molar refractivity (Wildman–Crippen MR) is 97.2 cm³/mol. The average molecular weight is 409 g/mol. The molecule has 0 radical (unpaired) electrons. The number of Topliss-reactive ketones (excluding diaryl/α,β-unsaturated/α-hetero) is 1. The van der Waals surface area contributed by atoms with Crippen molar-refractivity contribution in [3.05, 3.63) is 57.0 Å². The summed E-state index contributed by atoms with van der Waals surface area (Å²) in [5.74, 6) is -0.219. The Morgan fingerprint density at radius 2 is 2.08 bits per heavy atom. The molecule has 1 amide bonds. The van der Waals surface area contributed by atoms with Crippen LogP contribution in [0.4, 0.5) is 5.69 Å². The summed E-state index contributed by atoms with van der Waals surface area (Å²) in [7, 11) is 1.67. The molecule has 0 spiro atoms. The molecular weight excluding hydrogens is 394 g/mol. The molecule has 0 saturated heterocycles. The molecule has 6 heteroatoms. The highest BCUT2D eigenvalue weighted by Gasteiger charge is 2.29. The Labute approximate surface area is 153 Å². The molecular formula is C18H15BrClNO3. The van der Waals surface area contributed by atoms with Crippen molar-refractivity contribution in [1.29, 1.82) is 0 Å². The van der Waals surface area contributed by atoms with Gasteiger partial charge in [-0.3, -0.25) is 9.59 Å². The minimum Gasteiger partial charge on any atom is -0.481 e. The Kier molecular flexibility index (Phi) is 4.65. The van der Waals surface area contributed by atoms with Crippen molar-refractivity contribution >= 4 is 44.9 Å². The zero-order chi connectivity index (χ0) is 17.4. The summed E-state index contributed by atoms with van der Waals surface area (Å²) in [4.78, 5) is 26.3. The molecule has 1 heterocycles. The Hall–Kier alpha value is -1.85. The number of carbonyl (C=O) groups excluding carboxylic acids is 2. The monoisotopic (exact) mass is 407 g/mol. The molecule has 1 atom stereocenters. The van der Waals surface area contributed by atoms with Crippen LogP contribution in [0.2, 0.25) is 5.02 Å². The van der Waals surface area contributed by atoms with Crippen LogP contribution < -0.4 is 9.64 Å². The maximum absolute atomic E-state index is 13.0. The van der Waals surface area contributed by atoms with Crippen LogP contribution in [-0.4, -0.2) is 25.3 Å². The molecule has 1 aliphatic heterocycles. The number of hydrogen-bond donors (Lipinski definition) is 0. The Morgan fingerprint density at radius 3 is 2.79 bits per heavy atom. The molecule has 3 rings (SSSR count). The number of para-hydroxylation sites is 1. The summed E-state index contributed by atoms with van der Waals surface area (Å²) in [5.41, 5.74) is 1.81. The molecule has 0 saturated carbocycles. The highest BCUT2D eigenvalue weighted by molar-refractivity contribution is 9.10. The maximum atomic E-state index is 13.0. The number of ether oxygens (including phenoxy) is 1. The number of fused-ring (bicyclic) bond motifs is 1. The molecule has 24 heavy (non-hydrogen) atoms. The van der Waals surface area contributed by atoms with E-state index in [1.807, 2.05) is 19.1 Å². The van der Waals surface area contributed by atoms with Gasteiger partial charge in [-0.05, 0) is 29.8 Å². The average Bonchev–Trinajstić information content (AvgIpc) is 2.56. The number of hydrogen-bond acceptors (Lipinski definition) is 3. The van der Waals surface area contributed by atoms with Gasteiger partial charge in [0.15, 0.2) is 18.1 Å². The molecule has 1 aliphatic rings. The van der Waals surface area contributed by atoms with Crippen molar-refractivity contribution < 1.29 is 14.3 Å². The quantitative estimate of drug-likeness (QED) is 0.705. The van der Waals surface area contributed by atoms with Gasteiger partial charge in [0.05, 0.1) is 11.3 Å². The molecule has 2 aromatic carbocycles. The van der Waals surface area contributed by atoms with Gasteiger partial charge in [-0.1, -0.05) is 46.6 Å². The third-order valence-corrected chi connectivity index (χ3v) is 4.98. The van der Waals surface area contributed by atoms with E-state index in [0.29, 0.717) is 22.0 Å². The van der Waals surface area contributed by atoms with Gasteiger partial charge in [-0.15, -0.1) is 0 Å². The van der Waals surface area contributed by atoms with Crippen LogP contribution in [0, 0.1) is 0 Å². The van der Waals surface area contributed by atoms with Crippen LogP contribution in [-0.2, 0) is 4.79 Å². The van der Waals surface area contributed by atoms with Crippen molar-refractivity contribution in [2.45, 2.75) is 12.8 Å². The van der Waals surface area contributed by atoms with Crippen LogP contribution in [0.25, 0.3) is 0 Å². The zero-order valence-corrected chi connectivity index (χ0v) is 15.5. The summed E-state index contributed by atoms with van der Waals surface area (Å²) in [6.45, 7) is 1.75. The Bertz CT molecular complexity index is 837. The molecule has 1 unspecified atom stereocenters. The summed E-state index contributed by atoms with van der Waals surface area (Å²) < 4.78 is 6.40. The lowest BCUT2D eigenvalue weighted by molar-refractivity contribution is -0.121. The molecule has 0 aromatic heterocycles. The number of likely N-dealkylation sites (N-methyl/N-ethyl adjacent to an activating group) is 1. The lowest BCUT2D eigenvalue weighted by Gasteiger charge is -2.27. The molecule has 0 N–H and O–H groups in total. The highest BCUT2D eigenvalue weighted by Crippen LogP contribution is 2.38. The topological polar surface area (TPSA) is 46.6 Å². The Morgan fingerprint density at radius 1 is 1.33 bits per heavy atom. The van der Waals surface area contributed by atoms with Gasteiger partial charge in [0, 0.05) is 22.5 Å². The van der Waals surface area contributed by atoms with E-state index in [9.17, 15) is 9.59 Å². The lowest BCUT2D eigenvalue weighted by atomic mass is 9.91. The minimum atomic E-state index is -0.427. The number of halogens is 2. The minimum absolute atomic E-state index is 0.0682. The second-order valence-electron chi connectivity index (χ2n) is 5.65. The standard InChI is InChI=1S/C18H15BrClNO3/c1-10(12-7-6-11(19)8-14(12)20)17(23)13-4-3-5-15-18(13)24-9-16(22)21(15)2/h3-8,10H,9H2,1-2H3. The third-order valence-electron chi connectivity index (χ3n) is 4.16. The van der Waals surface area contributed by atoms with Crippen LogP contribution in [0.3, 0.4) is 0 Å². The van der Waals surface area contributed by atoms with Gasteiger partial charge >= 0.3 is 0 Å². The van der Waals surface area contributed by atoms with Crippen LogP contribution in [0.1, 0.15) is 28.8 Å². The van der Waals surface area contributed by atoms with Crippen LogP contribution in [0.5, 0.6) is 5.75 Å². The fourth-order valence-electron chi connectivity index (χ4n) is 2.73. The van der Waals surface area contributed by atoms with Gasteiger partial charge in [0.25, 0.3) is 5.91 Å². The van der Waals surface area contributed by atoms with E-state index < -0.39 is 5.92 Å². The fraction of sp³-hybridized carbons (Fsp3) is 0.222. The molecule has 0 fully saturated rings. The van der Waals surface area contributed by atoms with Crippen molar-refractivity contribution in [2.75, 3.05) is 18.6 Å². The number of benzene rings is 2. The molecule has 2 aromatic rings. The van der Waals surface area contributed by atoms with E-state index in [1.54, 1.807) is 31.3 Å². The summed E-state index contributed by atoms with van der Waals surface area (Å²) in [5, 5.41) is 0.531. The first-order valence-corrected chi connectivity index (χ1v) is 8.58. The van der Waals surface area contributed by atoms with Crippen molar-refractivity contribution in [3.63, 3.8) is 0 Å². The molecule has 124 valence electrons. The number of ketones is 1. The van der Waals surface area contributed by atoms with E-state index in [4.69, 9.17) is 16.3 Å². The summed E-state index contributed by atoms with van der Waals surface area (Å²) >= 11 is 9.64. The lowest BCUT2D eigenvalue weighted by Crippen LogP contribution is -2.36. The van der Waals surface area contributed by atoms with Gasteiger partial charge < -0.3 is 9.64 Å². The SMILES string of the molecule is CC(C(=O)c1cccc2c1OCC(=O)N2C)c1ccc(Br)cc1Cl. The highest BCUT2D eigenvalue weighted by atomic mass is 79.9. The van der Waals surface area contributed by atoms with Crippen molar-refractivity contribution in [3.8, 4) is 5.75 Å².